The Labute approximate surface area is 83.7 Å². The number of fused-ring (bicyclic) bond motifs is 2. The largest absolute Gasteiger partial charge is 0.481 e. The number of aliphatic hydroxyl groups is 1. The second-order valence-electron chi connectivity index (χ2n) is 5.09. The summed E-state index contributed by atoms with van der Waals surface area (Å²) in [4.78, 5) is 11.1. The van der Waals surface area contributed by atoms with Crippen molar-refractivity contribution in [1.82, 2.24) is 0 Å². The van der Waals surface area contributed by atoms with Crippen molar-refractivity contribution in [2.45, 2.75) is 37.5 Å². The molecule has 0 aromatic carbocycles. The molecule has 80 valence electrons. The zero-order valence-corrected chi connectivity index (χ0v) is 8.68. The fraction of sp³-hybridized carbons (Fsp3) is 0.900. The molecule has 0 spiro atoms. The molecule has 2 aliphatic rings. The Balaban J connectivity index is 2.30. The highest BCUT2D eigenvalue weighted by molar-refractivity contribution is 5.71. The van der Waals surface area contributed by atoms with Gasteiger partial charge < -0.3 is 14.7 Å². The normalized spacial score (nSPS) is 45.1. The van der Waals surface area contributed by atoms with Crippen LogP contribution < -0.4 is 0 Å². The van der Waals surface area contributed by atoms with Gasteiger partial charge in [-0.1, -0.05) is 0 Å². The van der Waals surface area contributed by atoms with E-state index in [4.69, 9.17) is 5.11 Å². The van der Waals surface area contributed by atoms with Crippen LogP contribution in [0.5, 0.6) is 0 Å². The fourth-order valence-corrected chi connectivity index (χ4v) is 3.29. The third kappa shape index (κ3) is 1.17. The second-order valence-corrected chi connectivity index (χ2v) is 5.09. The highest BCUT2D eigenvalue weighted by atomic mass is 16.4. The number of carboxylic acid groups (broad SMARTS) is 1. The molecule has 2 N–H and O–H groups in total. The van der Waals surface area contributed by atoms with Crippen molar-refractivity contribution >= 4 is 5.97 Å². The van der Waals surface area contributed by atoms with E-state index in [1.54, 1.807) is 0 Å². The summed E-state index contributed by atoms with van der Waals surface area (Å²) in [6, 6.07) is 0.548. The summed E-state index contributed by atoms with van der Waals surface area (Å²) < 4.78 is 0.772. The number of aliphatic hydroxyl groups excluding tert-OH is 1. The molecule has 14 heavy (non-hydrogen) atoms. The van der Waals surface area contributed by atoms with Crippen LogP contribution in [0.25, 0.3) is 0 Å². The lowest BCUT2D eigenvalue weighted by Crippen LogP contribution is -2.61. The average molecular weight is 200 g/mol. The molecule has 4 atom stereocenters. The van der Waals surface area contributed by atoms with Crippen molar-refractivity contribution in [2.75, 3.05) is 14.1 Å². The van der Waals surface area contributed by atoms with Crippen LogP contribution in [0, 0.1) is 5.92 Å². The zero-order chi connectivity index (χ0) is 10.5. The van der Waals surface area contributed by atoms with E-state index in [1.807, 2.05) is 0 Å². The van der Waals surface area contributed by atoms with E-state index >= 15 is 0 Å². The van der Waals surface area contributed by atoms with Gasteiger partial charge in [0.15, 0.2) is 0 Å². The lowest BCUT2D eigenvalue weighted by Gasteiger charge is -2.45. The Morgan fingerprint density at radius 3 is 2.57 bits per heavy atom. The third-order valence-electron chi connectivity index (χ3n) is 4.22. The Hall–Kier alpha value is -0.610. The Morgan fingerprint density at radius 2 is 2.00 bits per heavy atom. The maximum atomic E-state index is 11.1. The number of aliphatic carboxylic acids is 1. The molecule has 0 aromatic rings. The van der Waals surface area contributed by atoms with Gasteiger partial charge in [0.1, 0.15) is 12.0 Å². The van der Waals surface area contributed by atoms with Crippen LogP contribution in [0.15, 0.2) is 0 Å². The van der Waals surface area contributed by atoms with E-state index < -0.39 is 18.0 Å². The van der Waals surface area contributed by atoms with E-state index in [-0.39, 0.29) is 6.04 Å². The summed E-state index contributed by atoms with van der Waals surface area (Å²) in [6.07, 6.45) is 1.99. The minimum atomic E-state index is -0.839. The van der Waals surface area contributed by atoms with Crippen LogP contribution in [0.3, 0.4) is 0 Å². The average Bonchev–Trinajstić information content (AvgIpc) is 2.30. The van der Waals surface area contributed by atoms with Gasteiger partial charge in [0.2, 0.25) is 0 Å². The Bertz CT molecular complexity index is 264. The van der Waals surface area contributed by atoms with Gasteiger partial charge in [0.05, 0.1) is 26.2 Å². The van der Waals surface area contributed by atoms with Gasteiger partial charge in [-0.05, 0) is 0 Å². The van der Waals surface area contributed by atoms with Crippen molar-refractivity contribution in [1.29, 1.82) is 0 Å². The van der Waals surface area contributed by atoms with E-state index in [1.165, 1.54) is 0 Å². The first-order chi connectivity index (χ1) is 6.44. The van der Waals surface area contributed by atoms with Gasteiger partial charge in [-0.3, -0.25) is 4.79 Å². The molecule has 2 bridgehead atoms. The highest BCUT2D eigenvalue weighted by Gasteiger charge is 2.56. The van der Waals surface area contributed by atoms with E-state index in [0.29, 0.717) is 12.5 Å². The second kappa shape index (κ2) is 2.94. The monoisotopic (exact) mass is 200 g/mol. The number of piperidine rings is 1. The molecular formula is C10H18NO3+. The van der Waals surface area contributed by atoms with Gasteiger partial charge in [0, 0.05) is 19.3 Å². The van der Waals surface area contributed by atoms with Crippen molar-refractivity contribution < 1.29 is 19.5 Å². The van der Waals surface area contributed by atoms with Crippen LogP contribution in [-0.2, 0) is 4.79 Å². The van der Waals surface area contributed by atoms with Gasteiger partial charge in [-0.2, -0.15) is 0 Å². The number of carboxylic acids is 1. The van der Waals surface area contributed by atoms with E-state index in [2.05, 4.69) is 14.1 Å². The molecule has 2 rings (SSSR count). The van der Waals surface area contributed by atoms with Gasteiger partial charge >= 0.3 is 5.97 Å². The number of nitrogens with zero attached hydrogens (tertiary/aromatic N) is 1. The van der Waals surface area contributed by atoms with Crippen molar-refractivity contribution in [3.05, 3.63) is 0 Å². The standard InChI is InChI=1S/C10H17NO3/c1-11(2)6-3-4-7(11)9(10(13)14)8(12)5-6/h6-9,12H,3-5H2,1-2H3/p+1/t6-,7+,8-,9+/m0/s1. The Kier molecular flexibility index (Phi) is 2.08. The maximum absolute atomic E-state index is 11.1. The van der Waals surface area contributed by atoms with Crippen molar-refractivity contribution in [3.8, 4) is 0 Å². The first-order valence-corrected chi connectivity index (χ1v) is 5.19. The number of rotatable bonds is 1. The molecule has 4 heteroatoms. The van der Waals surface area contributed by atoms with E-state index in [9.17, 15) is 9.90 Å². The molecular weight excluding hydrogens is 182 g/mol. The SMILES string of the molecule is C[N+]1(C)[C@H]2CC[C@@H]1[C@@H](C(=O)O)[C@@H](O)C2. The number of hydrogen-bond acceptors (Lipinski definition) is 2. The predicted molar refractivity (Wildman–Crippen MR) is 50.7 cm³/mol. The summed E-state index contributed by atoms with van der Waals surface area (Å²) >= 11 is 0. The Morgan fingerprint density at radius 1 is 1.36 bits per heavy atom. The number of carbonyl (C=O) groups is 1. The molecule has 0 aliphatic carbocycles. The fourth-order valence-electron chi connectivity index (χ4n) is 3.29. The molecule has 4 nitrogen and oxygen atoms in total. The molecule has 0 saturated carbocycles. The molecule has 0 unspecified atom stereocenters. The summed E-state index contributed by atoms with van der Waals surface area (Å²) in [7, 11) is 4.17. The number of hydrogen-bond donors (Lipinski definition) is 2. The van der Waals surface area contributed by atoms with Crippen LogP contribution in [-0.4, -0.2) is 52.9 Å². The first kappa shape index (κ1) is 9.93. The summed E-state index contributed by atoms with van der Waals surface area (Å²) in [5.74, 6) is -1.40. The summed E-state index contributed by atoms with van der Waals surface area (Å²) in [6.45, 7) is 0. The molecule has 2 saturated heterocycles. The van der Waals surface area contributed by atoms with Gasteiger partial charge in [-0.25, -0.2) is 0 Å². The molecule has 2 fully saturated rings. The molecule has 0 radical (unpaired) electrons. The quantitative estimate of drug-likeness (QED) is 0.588. The topological polar surface area (TPSA) is 57.5 Å². The predicted octanol–water partition coefficient (Wildman–Crippen LogP) is 0.0592. The van der Waals surface area contributed by atoms with Crippen molar-refractivity contribution in [2.24, 2.45) is 5.92 Å². The zero-order valence-electron chi connectivity index (χ0n) is 8.68. The molecule has 0 amide bonds. The van der Waals surface area contributed by atoms with Crippen LogP contribution >= 0.6 is 0 Å². The van der Waals surface area contributed by atoms with Crippen molar-refractivity contribution in [3.63, 3.8) is 0 Å². The third-order valence-corrected chi connectivity index (χ3v) is 4.22. The minimum absolute atomic E-state index is 0.0984. The van der Waals surface area contributed by atoms with Gasteiger partial charge in [-0.15, -0.1) is 0 Å². The lowest BCUT2D eigenvalue weighted by molar-refractivity contribution is -0.934. The lowest BCUT2D eigenvalue weighted by atomic mass is 9.86. The first-order valence-electron chi connectivity index (χ1n) is 5.19. The van der Waals surface area contributed by atoms with E-state index in [0.717, 1.165) is 17.3 Å². The maximum Gasteiger partial charge on any atom is 0.315 e. The molecule has 2 heterocycles. The van der Waals surface area contributed by atoms with Crippen LogP contribution in [0.1, 0.15) is 19.3 Å². The van der Waals surface area contributed by atoms with Crippen LogP contribution in [0.4, 0.5) is 0 Å². The molecule has 0 aromatic heterocycles. The highest BCUT2D eigenvalue weighted by Crippen LogP contribution is 2.42. The minimum Gasteiger partial charge on any atom is -0.481 e. The summed E-state index contributed by atoms with van der Waals surface area (Å²) in [5.41, 5.74) is 0. The van der Waals surface area contributed by atoms with Gasteiger partial charge in [0.25, 0.3) is 0 Å². The smallest absolute Gasteiger partial charge is 0.315 e. The van der Waals surface area contributed by atoms with Crippen LogP contribution in [0.2, 0.25) is 0 Å². The number of quaternary nitrogens is 1. The summed E-state index contributed by atoms with van der Waals surface area (Å²) in [5, 5.41) is 18.9. The molecule has 2 aliphatic heterocycles.